The fourth-order valence-corrected chi connectivity index (χ4v) is 6.68. The van der Waals surface area contributed by atoms with Crippen molar-refractivity contribution < 1.29 is 12.8 Å². The molecular formula is C20H17Cl3FN3O2S2. The van der Waals surface area contributed by atoms with E-state index in [9.17, 15) is 12.8 Å². The van der Waals surface area contributed by atoms with E-state index >= 15 is 0 Å². The molecule has 11 heteroatoms. The van der Waals surface area contributed by atoms with E-state index < -0.39 is 10.0 Å². The number of aromatic nitrogens is 1. The third-order valence-corrected chi connectivity index (χ3v) is 8.65. The molecule has 164 valence electrons. The van der Waals surface area contributed by atoms with Gasteiger partial charge in [-0.05, 0) is 42.0 Å². The van der Waals surface area contributed by atoms with E-state index in [4.69, 9.17) is 34.8 Å². The molecule has 0 radical (unpaired) electrons. The van der Waals surface area contributed by atoms with Gasteiger partial charge in [-0.25, -0.2) is 17.8 Å². The summed E-state index contributed by atoms with van der Waals surface area (Å²) in [6, 6.07) is 8.79. The highest BCUT2D eigenvalue weighted by Gasteiger charge is 2.31. The van der Waals surface area contributed by atoms with Crippen molar-refractivity contribution in [2.24, 2.45) is 0 Å². The van der Waals surface area contributed by atoms with Gasteiger partial charge in [-0.1, -0.05) is 34.8 Å². The van der Waals surface area contributed by atoms with Crippen molar-refractivity contribution in [3.05, 3.63) is 73.9 Å². The van der Waals surface area contributed by atoms with Crippen LogP contribution in [0.2, 0.25) is 15.1 Å². The largest absolute Gasteiger partial charge is 0.345 e. The number of hydrogen-bond donors (Lipinski definition) is 0. The lowest BCUT2D eigenvalue weighted by atomic mass is 10.1. The van der Waals surface area contributed by atoms with Crippen LogP contribution in [0, 0.1) is 5.82 Å². The lowest BCUT2D eigenvalue weighted by molar-refractivity contribution is 0.384. The first-order chi connectivity index (χ1) is 14.7. The van der Waals surface area contributed by atoms with Crippen molar-refractivity contribution in [2.45, 2.75) is 11.3 Å². The molecule has 0 aliphatic carbocycles. The second-order valence-electron chi connectivity index (χ2n) is 7.04. The van der Waals surface area contributed by atoms with Crippen molar-refractivity contribution in [3.8, 4) is 0 Å². The number of hydrogen-bond acceptors (Lipinski definition) is 5. The molecule has 0 saturated carbocycles. The summed E-state index contributed by atoms with van der Waals surface area (Å²) in [4.78, 5) is 6.73. The Labute approximate surface area is 199 Å². The number of thiazole rings is 1. The Morgan fingerprint density at radius 2 is 1.74 bits per heavy atom. The van der Waals surface area contributed by atoms with Crippen molar-refractivity contribution in [3.63, 3.8) is 0 Å². The fourth-order valence-electron chi connectivity index (χ4n) is 3.39. The van der Waals surface area contributed by atoms with Gasteiger partial charge in [-0.2, -0.15) is 4.31 Å². The van der Waals surface area contributed by atoms with Gasteiger partial charge in [0.2, 0.25) is 10.0 Å². The fraction of sp³-hybridized carbons (Fsp3) is 0.250. The summed E-state index contributed by atoms with van der Waals surface area (Å²) in [6.45, 7) is 1.64. The molecule has 0 amide bonds. The van der Waals surface area contributed by atoms with E-state index in [1.165, 1.54) is 46.0 Å². The number of halogens is 4. The number of benzene rings is 2. The first kappa shape index (κ1) is 22.8. The van der Waals surface area contributed by atoms with Gasteiger partial charge in [0.1, 0.15) is 10.7 Å². The molecule has 0 spiro atoms. The summed E-state index contributed by atoms with van der Waals surface area (Å²) in [7, 11) is -3.71. The molecule has 0 atom stereocenters. The van der Waals surface area contributed by atoms with Crippen LogP contribution < -0.4 is 4.90 Å². The third kappa shape index (κ3) is 5.16. The zero-order valence-corrected chi connectivity index (χ0v) is 20.0. The highest BCUT2D eigenvalue weighted by molar-refractivity contribution is 7.89. The molecule has 0 N–H and O–H groups in total. The average molecular weight is 521 g/mol. The maximum absolute atomic E-state index is 13.5. The van der Waals surface area contributed by atoms with Crippen molar-refractivity contribution in [2.75, 3.05) is 31.1 Å². The molecule has 1 saturated heterocycles. The van der Waals surface area contributed by atoms with Gasteiger partial charge in [-0.3, -0.25) is 0 Å². The molecule has 2 heterocycles. The topological polar surface area (TPSA) is 53.5 Å². The highest BCUT2D eigenvalue weighted by Crippen LogP contribution is 2.30. The number of nitrogens with zero attached hydrogens (tertiary/aromatic N) is 3. The first-order valence-corrected chi connectivity index (χ1v) is 12.8. The van der Waals surface area contributed by atoms with Crippen molar-refractivity contribution >= 4 is 61.3 Å². The van der Waals surface area contributed by atoms with E-state index in [0.717, 1.165) is 16.4 Å². The van der Waals surface area contributed by atoms with Crippen LogP contribution in [0.25, 0.3) is 0 Å². The van der Waals surface area contributed by atoms with E-state index in [1.54, 1.807) is 6.07 Å². The van der Waals surface area contributed by atoms with Gasteiger partial charge in [-0.15, -0.1) is 11.3 Å². The Morgan fingerprint density at radius 1 is 1.00 bits per heavy atom. The van der Waals surface area contributed by atoms with Crippen LogP contribution in [0.1, 0.15) is 11.3 Å². The molecule has 0 bridgehead atoms. The summed E-state index contributed by atoms with van der Waals surface area (Å²) in [6.07, 6.45) is 0.470. The average Bonchev–Trinajstić information content (AvgIpc) is 3.15. The highest BCUT2D eigenvalue weighted by atomic mass is 35.5. The lowest BCUT2D eigenvalue weighted by Crippen LogP contribution is -2.48. The van der Waals surface area contributed by atoms with E-state index in [0.29, 0.717) is 42.6 Å². The molecule has 1 aliphatic heterocycles. The molecule has 1 fully saturated rings. The monoisotopic (exact) mass is 519 g/mol. The second kappa shape index (κ2) is 9.21. The minimum atomic E-state index is -3.71. The molecule has 1 aliphatic rings. The molecule has 0 unspecified atom stereocenters. The molecular weight excluding hydrogens is 504 g/mol. The summed E-state index contributed by atoms with van der Waals surface area (Å²) in [5.74, 6) is -0.379. The number of rotatable bonds is 5. The Hall–Kier alpha value is -1.42. The quantitative estimate of drug-likeness (QED) is 0.455. The first-order valence-electron chi connectivity index (χ1n) is 9.32. The Balaban J connectivity index is 1.42. The zero-order chi connectivity index (χ0) is 22.2. The van der Waals surface area contributed by atoms with Crippen LogP contribution in [0.5, 0.6) is 0 Å². The second-order valence-corrected chi connectivity index (χ2v) is 11.1. The molecule has 2 aromatic carbocycles. The molecule has 4 rings (SSSR count). The number of piperazine rings is 1. The Morgan fingerprint density at radius 3 is 2.42 bits per heavy atom. The SMILES string of the molecule is O=S(=O)(c1ccc(Cl)cc1Cl)N1CCN(c2nc(Cc3cc(F)cc(Cl)c3)cs2)CC1. The summed E-state index contributed by atoms with van der Waals surface area (Å²) < 4.78 is 40.9. The zero-order valence-electron chi connectivity index (χ0n) is 16.1. The summed E-state index contributed by atoms with van der Waals surface area (Å²) >= 11 is 19.4. The van der Waals surface area contributed by atoms with Gasteiger partial charge in [0.05, 0.1) is 10.7 Å². The van der Waals surface area contributed by atoms with Crippen LogP contribution in [0.3, 0.4) is 0 Å². The third-order valence-electron chi connectivity index (χ3n) is 4.87. The van der Waals surface area contributed by atoms with Gasteiger partial charge in [0.25, 0.3) is 0 Å². The van der Waals surface area contributed by atoms with Crippen molar-refractivity contribution in [1.82, 2.24) is 9.29 Å². The van der Waals surface area contributed by atoms with Gasteiger partial charge in [0.15, 0.2) is 5.13 Å². The Kier molecular flexibility index (Phi) is 6.76. The predicted octanol–water partition coefficient (Wildman–Crippen LogP) is 5.34. The standard InChI is InChI=1S/C20H17Cl3FN3O2S2/c21-14-1-2-19(18(23)11-14)31(28,29)27-5-3-26(4-6-27)20-25-17(12-30-20)9-13-7-15(22)10-16(24)8-13/h1-2,7-8,10-12H,3-6,9H2. The molecule has 5 nitrogen and oxygen atoms in total. The van der Waals surface area contributed by atoms with E-state index in [2.05, 4.69) is 4.98 Å². The minimum absolute atomic E-state index is 0.0531. The normalized spacial score (nSPS) is 15.4. The maximum Gasteiger partial charge on any atom is 0.244 e. The molecule has 3 aromatic rings. The maximum atomic E-state index is 13.5. The van der Waals surface area contributed by atoms with E-state index in [1.807, 2.05) is 10.3 Å². The van der Waals surface area contributed by atoms with Gasteiger partial charge < -0.3 is 4.90 Å². The summed E-state index contributed by atoms with van der Waals surface area (Å²) in [5, 5.41) is 3.57. The van der Waals surface area contributed by atoms with Crippen molar-refractivity contribution in [1.29, 1.82) is 0 Å². The number of anilines is 1. The van der Waals surface area contributed by atoms with Crippen LogP contribution in [-0.2, 0) is 16.4 Å². The molecule has 1 aromatic heterocycles. The van der Waals surface area contributed by atoms with Crippen LogP contribution in [-0.4, -0.2) is 43.9 Å². The van der Waals surface area contributed by atoms with Crippen LogP contribution in [0.4, 0.5) is 9.52 Å². The smallest absolute Gasteiger partial charge is 0.244 e. The summed E-state index contributed by atoms with van der Waals surface area (Å²) in [5.41, 5.74) is 1.56. The van der Waals surface area contributed by atoms with Gasteiger partial charge in [0, 0.05) is 48.0 Å². The van der Waals surface area contributed by atoms with Crippen LogP contribution >= 0.6 is 46.1 Å². The minimum Gasteiger partial charge on any atom is -0.345 e. The van der Waals surface area contributed by atoms with E-state index in [-0.39, 0.29) is 15.7 Å². The molecule has 31 heavy (non-hydrogen) atoms. The van der Waals surface area contributed by atoms with Gasteiger partial charge >= 0.3 is 0 Å². The van der Waals surface area contributed by atoms with Crippen LogP contribution in [0.15, 0.2) is 46.7 Å². The Bertz CT molecular complexity index is 1190. The predicted molar refractivity (Wildman–Crippen MR) is 124 cm³/mol. The number of sulfonamides is 1. The lowest BCUT2D eigenvalue weighted by Gasteiger charge is -2.33.